The van der Waals surface area contributed by atoms with Crippen molar-refractivity contribution in [1.82, 2.24) is 4.90 Å². The molecule has 1 aromatic rings. The van der Waals surface area contributed by atoms with Crippen molar-refractivity contribution in [2.75, 3.05) is 13.1 Å². The third kappa shape index (κ3) is 4.71. The van der Waals surface area contributed by atoms with Gasteiger partial charge in [-0.3, -0.25) is 0 Å². The molecule has 1 heterocycles. The van der Waals surface area contributed by atoms with E-state index in [1.807, 2.05) is 39.0 Å². The second kappa shape index (κ2) is 7.01. The van der Waals surface area contributed by atoms with Gasteiger partial charge in [-0.2, -0.15) is 0 Å². The maximum Gasteiger partial charge on any atom is 0.410 e. The van der Waals surface area contributed by atoms with Crippen molar-refractivity contribution in [1.29, 1.82) is 0 Å². The van der Waals surface area contributed by atoms with Crippen LogP contribution in [0.3, 0.4) is 0 Å². The highest BCUT2D eigenvalue weighted by Gasteiger charge is 2.30. The van der Waals surface area contributed by atoms with Crippen LogP contribution in [0.15, 0.2) is 28.7 Å². The Morgan fingerprint density at radius 1 is 1.45 bits per heavy atom. The predicted molar refractivity (Wildman–Crippen MR) is 91.6 cm³/mol. The summed E-state index contributed by atoms with van der Waals surface area (Å²) < 4.78 is 6.50. The molecule has 2 N–H and O–H groups in total. The van der Waals surface area contributed by atoms with Gasteiger partial charge in [-0.15, -0.1) is 0 Å². The summed E-state index contributed by atoms with van der Waals surface area (Å²) in [7, 11) is 0. The molecule has 1 fully saturated rings. The van der Waals surface area contributed by atoms with Crippen molar-refractivity contribution in [2.24, 2.45) is 11.7 Å². The smallest absolute Gasteiger partial charge is 0.410 e. The highest BCUT2D eigenvalue weighted by Crippen LogP contribution is 2.29. The zero-order chi connectivity index (χ0) is 16.3. The topological polar surface area (TPSA) is 55.6 Å². The molecule has 1 aliphatic heterocycles. The summed E-state index contributed by atoms with van der Waals surface area (Å²) in [6, 6.07) is 8.01. The molecule has 0 spiro atoms. The summed E-state index contributed by atoms with van der Waals surface area (Å²) in [5, 5.41) is 0. The number of amides is 1. The highest BCUT2D eigenvalue weighted by atomic mass is 79.9. The number of halogens is 1. The minimum Gasteiger partial charge on any atom is -0.444 e. The number of hydrogen-bond donors (Lipinski definition) is 1. The van der Waals surface area contributed by atoms with E-state index in [1.54, 1.807) is 4.90 Å². The molecule has 2 rings (SSSR count). The molecule has 0 bridgehead atoms. The van der Waals surface area contributed by atoms with Crippen LogP contribution in [-0.4, -0.2) is 29.7 Å². The number of ether oxygens (including phenoxy) is 1. The molecule has 0 saturated carbocycles. The van der Waals surface area contributed by atoms with Crippen molar-refractivity contribution in [3.63, 3.8) is 0 Å². The molecular formula is C17H25BrN2O2. The fourth-order valence-corrected chi connectivity index (χ4v) is 3.20. The summed E-state index contributed by atoms with van der Waals surface area (Å²) in [6.45, 7) is 7.07. The number of rotatable bonds is 2. The van der Waals surface area contributed by atoms with Crippen LogP contribution in [0, 0.1) is 5.92 Å². The van der Waals surface area contributed by atoms with E-state index >= 15 is 0 Å². The van der Waals surface area contributed by atoms with E-state index in [0.717, 1.165) is 29.4 Å². The fraction of sp³-hybridized carbons (Fsp3) is 0.588. The molecular weight excluding hydrogens is 344 g/mol. The molecule has 4 nitrogen and oxygen atoms in total. The Labute approximate surface area is 141 Å². The SMILES string of the molecule is CC(C)(C)OC(=O)N1CCCC(C(N)c2cccc(Br)c2)C1. The number of benzene rings is 1. The Morgan fingerprint density at radius 3 is 2.82 bits per heavy atom. The minimum atomic E-state index is -0.462. The maximum atomic E-state index is 12.2. The lowest BCUT2D eigenvalue weighted by molar-refractivity contribution is 0.0152. The van der Waals surface area contributed by atoms with Crippen LogP contribution in [0.5, 0.6) is 0 Å². The van der Waals surface area contributed by atoms with Crippen molar-refractivity contribution >= 4 is 22.0 Å². The van der Waals surface area contributed by atoms with E-state index in [2.05, 4.69) is 22.0 Å². The first-order chi connectivity index (χ1) is 10.3. The first kappa shape index (κ1) is 17.3. The van der Waals surface area contributed by atoms with Crippen molar-refractivity contribution in [3.8, 4) is 0 Å². The second-order valence-corrected chi connectivity index (χ2v) is 7.83. The molecule has 0 radical (unpaired) electrons. The van der Waals surface area contributed by atoms with Crippen LogP contribution < -0.4 is 5.73 Å². The molecule has 2 atom stereocenters. The standard InChI is InChI=1S/C17H25BrN2O2/c1-17(2,3)22-16(21)20-9-5-7-13(11-20)15(19)12-6-4-8-14(18)10-12/h4,6,8,10,13,15H,5,7,9,11,19H2,1-3H3. The zero-order valence-corrected chi connectivity index (χ0v) is 15.1. The van der Waals surface area contributed by atoms with Gasteiger partial charge in [0.2, 0.25) is 0 Å². The first-order valence-electron chi connectivity index (χ1n) is 7.75. The van der Waals surface area contributed by atoms with Gasteiger partial charge in [0.25, 0.3) is 0 Å². The Hall–Kier alpha value is -1.07. The highest BCUT2D eigenvalue weighted by molar-refractivity contribution is 9.10. The summed E-state index contributed by atoms with van der Waals surface area (Å²) >= 11 is 3.48. The van der Waals surface area contributed by atoms with E-state index in [9.17, 15) is 4.79 Å². The third-order valence-electron chi connectivity index (χ3n) is 3.85. The van der Waals surface area contributed by atoms with Gasteiger partial charge >= 0.3 is 6.09 Å². The normalized spacial score (nSPS) is 20.6. The number of piperidine rings is 1. The van der Waals surface area contributed by atoms with Crippen LogP contribution in [0.2, 0.25) is 0 Å². The molecule has 1 aromatic carbocycles. The lowest BCUT2D eigenvalue weighted by Crippen LogP contribution is -2.45. The second-order valence-electron chi connectivity index (χ2n) is 6.91. The molecule has 122 valence electrons. The van der Waals surface area contributed by atoms with E-state index in [1.165, 1.54) is 0 Å². The Morgan fingerprint density at radius 2 is 2.18 bits per heavy atom. The van der Waals surface area contributed by atoms with Crippen molar-refractivity contribution in [3.05, 3.63) is 34.3 Å². The fourth-order valence-electron chi connectivity index (χ4n) is 2.78. The van der Waals surface area contributed by atoms with Gasteiger partial charge in [-0.05, 0) is 57.2 Å². The van der Waals surface area contributed by atoms with Gasteiger partial charge in [0.15, 0.2) is 0 Å². The Kier molecular flexibility index (Phi) is 5.50. The van der Waals surface area contributed by atoms with Crippen LogP contribution in [0.1, 0.15) is 45.2 Å². The van der Waals surface area contributed by atoms with E-state index in [0.29, 0.717) is 6.54 Å². The van der Waals surface area contributed by atoms with Gasteiger partial charge in [0.1, 0.15) is 5.60 Å². The Balaban J connectivity index is 2.02. The largest absolute Gasteiger partial charge is 0.444 e. The van der Waals surface area contributed by atoms with Crippen LogP contribution in [0.25, 0.3) is 0 Å². The van der Waals surface area contributed by atoms with Crippen LogP contribution in [0.4, 0.5) is 4.79 Å². The molecule has 1 amide bonds. The van der Waals surface area contributed by atoms with E-state index < -0.39 is 5.60 Å². The average molecular weight is 369 g/mol. The first-order valence-corrected chi connectivity index (χ1v) is 8.54. The average Bonchev–Trinajstić information content (AvgIpc) is 2.45. The van der Waals surface area contributed by atoms with Gasteiger partial charge in [0, 0.05) is 23.6 Å². The number of hydrogen-bond acceptors (Lipinski definition) is 3. The van der Waals surface area contributed by atoms with Crippen LogP contribution in [-0.2, 0) is 4.74 Å². The van der Waals surface area contributed by atoms with Crippen molar-refractivity contribution < 1.29 is 9.53 Å². The van der Waals surface area contributed by atoms with Gasteiger partial charge < -0.3 is 15.4 Å². The van der Waals surface area contributed by atoms with Crippen molar-refractivity contribution in [2.45, 2.75) is 45.3 Å². The number of carbonyl (C=O) groups excluding carboxylic acids is 1. The molecule has 22 heavy (non-hydrogen) atoms. The molecule has 1 aliphatic rings. The summed E-state index contributed by atoms with van der Waals surface area (Å²) in [5.74, 6) is 0.260. The molecule has 5 heteroatoms. The quantitative estimate of drug-likeness (QED) is 0.854. The molecule has 1 saturated heterocycles. The number of carbonyl (C=O) groups is 1. The third-order valence-corrected chi connectivity index (χ3v) is 4.34. The molecule has 2 unspecified atom stereocenters. The lowest BCUT2D eigenvalue weighted by Gasteiger charge is -2.36. The zero-order valence-electron chi connectivity index (χ0n) is 13.5. The molecule has 0 aromatic heterocycles. The summed E-state index contributed by atoms with van der Waals surface area (Å²) in [4.78, 5) is 14.0. The van der Waals surface area contributed by atoms with Gasteiger partial charge in [-0.1, -0.05) is 28.1 Å². The lowest BCUT2D eigenvalue weighted by atomic mass is 9.87. The van der Waals surface area contributed by atoms with Gasteiger partial charge in [0.05, 0.1) is 0 Å². The van der Waals surface area contributed by atoms with E-state index in [4.69, 9.17) is 10.5 Å². The monoisotopic (exact) mass is 368 g/mol. The number of nitrogens with zero attached hydrogens (tertiary/aromatic N) is 1. The molecule has 0 aliphatic carbocycles. The Bertz CT molecular complexity index is 528. The van der Waals surface area contributed by atoms with E-state index in [-0.39, 0.29) is 18.1 Å². The van der Waals surface area contributed by atoms with Gasteiger partial charge in [-0.25, -0.2) is 4.79 Å². The minimum absolute atomic E-state index is 0.0669. The number of likely N-dealkylation sites (tertiary alicyclic amines) is 1. The van der Waals surface area contributed by atoms with Crippen LogP contribution >= 0.6 is 15.9 Å². The maximum absolute atomic E-state index is 12.2. The summed E-state index contributed by atoms with van der Waals surface area (Å²) in [6.07, 6.45) is 1.76. The predicted octanol–water partition coefficient (Wildman–Crippen LogP) is 4.10. The summed E-state index contributed by atoms with van der Waals surface area (Å²) in [5.41, 5.74) is 7.07. The number of nitrogens with two attached hydrogens (primary N) is 1.